The molecule has 1 amide bonds. The Balaban J connectivity index is 0.00000289. The Hall–Kier alpha value is -1.37. The minimum Gasteiger partial charge on any atom is -0.667 e. The van der Waals surface area contributed by atoms with E-state index in [1.165, 1.54) is 13.3 Å². The van der Waals surface area contributed by atoms with Crippen molar-refractivity contribution in [1.29, 1.82) is 0 Å². The molecule has 0 aromatic carbocycles. The van der Waals surface area contributed by atoms with Crippen molar-refractivity contribution >= 4 is 11.9 Å². The van der Waals surface area contributed by atoms with E-state index < -0.39 is 24.0 Å². The first-order valence-corrected chi connectivity index (χ1v) is 5.09. The predicted molar refractivity (Wildman–Crippen MR) is 57.6 cm³/mol. The Morgan fingerprint density at radius 2 is 2.22 bits per heavy atom. The first-order chi connectivity index (χ1) is 7.90. The molecule has 18 heavy (non-hydrogen) atoms. The predicted octanol–water partition coefficient (Wildman–Crippen LogP) is -1.36. The molecule has 2 unspecified atom stereocenters. The molecule has 1 heterocycles. The largest absolute Gasteiger partial charge is 2.00 e. The van der Waals surface area contributed by atoms with E-state index in [2.05, 4.69) is 10.3 Å². The number of carbonyl (C=O) groups excluding carboxylic acids is 2. The number of nitrogens with one attached hydrogen (secondary N) is 2. The quantitative estimate of drug-likeness (QED) is 0.677. The molecule has 0 aliphatic carbocycles. The van der Waals surface area contributed by atoms with E-state index in [1.54, 1.807) is 17.8 Å². The normalized spacial score (nSPS) is 13.3. The summed E-state index contributed by atoms with van der Waals surface area (Å²) in [5, 5.41) is 13.1. The van der Waals surface area contributed by atoms with Crippen molar-refractivity contribution < 1.29 is 31.8 Å². The Kier molecular flexibility index (Phi) is 6.61. The molecule has 1 rings (SSSR count). The molecule has 0 saturated heterocycles. The Bertz CT molecular complexity index is 419. The van der Waals surface area contributed by atoms with Crippen LogP contribution in [0.2, 0.25) is 0 Å². The minimum absolute atomic E-state index is 0. The van der Waals surface area contributed by atoms with E-state index in [1.807, 2.05) is 0 Å². The number of hydrogen-bond donors (Lipinski definition) is 1. The topological polar surface area (TPSA) is 111 Å². The average Bonchev–Trinajstić information content (AvgIpc) is 2.62. The van der Waals surface area contributed by atoms with Crippen LogP contribution < -0.4 is 10.4 Å². The molecule has 8 heteroatoms. The van der Waals surface area contributed by atoms with Gasteiger partial charge in [0.2, 0.25) is 5.91 Å². The smallest absolute Gasteiger partial charge is 0.667 e. The number of aryl methyl sites for hydroxylation is 1. The van der Waals surface area contributed by atoms with E-state index in [4.69, 9.17) is 5.73 Å². The van der Waals surface area contributed by atoms with Gasteiger partial charge in [0.05, 0.1) is 24.0 Å². The van der Waals surface area contributed by atoms with E-state index in [9.17, 15) is 14.7 Å². The van der Waals surface area contributed by atoms with Gasteiger partial charge in [-0.1, -0.05) is 13.0 Å². The van der Waals surface area contributed by atoms with Crippen LogP contribution in [-0.4, -0.2) is 33.5 Å². The summed E-state index contributed by atoms with van der Waals surface area (Å²) in [5.74, 6) is -2.03. The molecule has 1 aromatic heterocycles. The Labute approximate surface area is 115 Å². The standard InChI is InChI=1S/C10H15N4O3.Cu/c1-6(11)9(15)13-8(10(16)17)3-7-4-14(2)5-12-7;/h4-6,8,11H,3H2,1-2H3,(H,13,15)(H,16,17);/q-1;+2/p-1. The van der Waals surface area contributed by atoms with Crippen LogP contribution in [0, 0.1) is 0 Å². The molecule has 0 bridgehead atoms. The van der Waals surface area contributed by atoms with Gasteiger partial charge < -0.3 is 25.5 Å². The molecular formula is C10H14CuN4O3. The van der Waals surface area contributed by atoms with Gasteiger partial charge in [-0.3, -0.25) is 4.79 Å². The van der Waals surface area contributed by atoms with Crippen LogP contribution in [0.1, 0.15) is 12.6 Å². The van der Waals surface area contributed by atoms with Crippen molar-refractivity contribution in [3.05, 3.63) is 24.0 Å². The molecule has 0 spiro atoms. The molecule has 0 saturated carbocycles. The summed E-state index contributed by atoms with van der Waals surface area (Å²) in [4.78, 5) is 26.0. The fraction of sp³-hybridized carbons (Fsp3) is 0.500. The third-order valence-corrected chi connectivity index (χ3v) is 2.17. The summed E-state index contributed by atoms with van der Waals surface area (Å²) in [6.07, 6.45) is 3.24. The van der Waals surface area contributed by atoms with Gasteiger partial charge in [0.1, 0.15) is 0 Å². The molecule has 7 nitrogen and oxygen atoms in total. The second-order valence-corrected chi connectivity index (χ2v) is 3.84. The number of imidazole rings is 1. The summed E-state index contributed by atoms with van der Waals surface area (Å²) in [6, 6.07) is -2.18. The minimum atomic E-state index is -1.38. The zero-order chi connectivity index (χ0) is 13.0. The van der Waals surface area contributed by atoms with Gasteiger partial charge in [0.25, 0.3) is 0 Å². The van der Waals surface area contributed by atoms with Gasteiger partial charge in [-0.15, -0.1) is 0 Å². The molecule has 2 atom stereocenters. The maximum absolute atomic E-state index is 11.2. The van der Waals surface area contributed by atoms with E-state index in [-0.39, 0.29) is 23.5 Å². The maximum atomic E-state index is 11.2. The summed E-state index contributed by atoms with van der Waals surface area (Å²) >= 11 is 0. The van der Waals surface area contributed by atoms with Crippen LogP contribution in [-0.2, 0) is 40.1 Å². The fourth-order valence-corrected chi connectivity index (χ4v) is 1.27. The Morgan fingerprint density at radius 1 is 1.61 bits per heavy atom. The van der Waals surface area contributed by atoms with Crippen LogP contribution in [0.4, 0.5) is 0 Å². The number of carbonyl (C=O) groups is 2. The fourth-order valence-electron chi connectivity index (χ4n) is 1.27. The van der Waals surface area contributed by atoms with Gasteiger partial charge in [-0.2, -0.15) is 0 Å². The first-order valence-electron chi connectivity index (χ1n) is 5.09. The Morgan fingerprint density at radius 3 is 2.61 bits per heavy atom. The monoisotopic (exact) mass is 301 g/mol. The molecule has 1 aromatic rings. The van der Waals surface area contributed by atoms with Crippen molar-refractivity contribution in [2.45, 2.75) is 25.4 Å². The van der Waals surface area contributed by atoms with E-state index in [0.717, 1.165) is 0 Å². The van der Waals surface area contributed by atoms with Gasteiger partial charge in [0, 0.05) is 19.7 Å². The SMILES string of the molecule is CC([NH-])C(=O)NC(Cc1cn(C)cn1)C(=O)[O-].[Cu+2]. The maximum Gasteiger partial charge on any atom is 2.00 e. The van der Waals surface area contributed by atoms with Gasteiger partial charge in [0.15, 0.2) is 0 Å². The average molecular weight is 302 g/mol. The number of nitrogens with zero attached hydrogens (tertiary/aromatic N) is 2. The molecule has 0 fully saturated rings. The second kappa shape index (κ2) is 7.15. The van der Waals surface area contributed by atoms with Crippen LogP contribution in [0.15, 0.2) is 12.5 Å². The number of carboxylic acid groups (broad SMARTS) is 1. The number of aromatic nitrogens is 2. The molecule has 1 radical (unpaired) electrons. The van der Waals surface area contributed by atoms with Crippen molar-refractivity contribution in [2.24, 2.45) is 7.05 Å². The molecule has 2 N–H and O–H groups in total. The van der Waals surface area contributed by atoms with Gasteiger partial charge in [-0.25, -0.2) is 4.98 Å². The molecule has 103 valence electrons. The van der Waals surface area contributed by atoms with Crippen molar-refractivity contribution in [3.63, 3.8) is 0 Å². The summed E-state index contributed by atoms with van der Waals surface area (Å²) in [6.45, 7) is 1.36. The van der Waals surface area contributed by atoms with Crippen LogP contribution in [0.3, 0.4) is 0 Å². The number of carboxylic acids is 1. The van der Waals surface area contributed by atoms with Gasteiger partial charge in [-0.05, 0) is 0 Å². The summed E-state index contributed by atoms with van der Waals surface area (Å²) < 4.78 is 1.68. The second-order valence-electron chi connectivity index (χ2n) is 3.84. The van der Waals surface area contributed by atoms with E-state index >= 15 is 0 Å². The van der Waals surface area contributed by atoms with Crippen molar-refractivity contribution in [1.82, 2.24) is 14.9 Å². The number of rotatable bonds is 5. The van der Waals surface area contributed by atoms with Crippen molar-refractivity contribution in [3.8, 4) is 0 Å². The molecule has 0 aliphatic heterocycles. The summed E-state index contributed by atoms with van der Waals surface area (Å²) in [7, 11) is 1.76. The van der Waals surface area contributed by atoms with Crippen LogP contribution in [0.25, 0.3) is 5.73 Å². The third-order valence-electron chi connectivity index (χ3n) is 2.17. The molecular weight excluding hydrogens is 288 g/mol. The van der Waals surface area contributed by atoms with Gasteiger partial charge >= 0.3 is 17.1 Å². The number of amides is 1. The third kappa shape index (κ3) is 4.87. The number of hydrogen-bond acceptors (Lipinski definition) is 4. The molecule has 0 aliphatic rings. The van der Waals surface area contributed by atoms with Crippen molar-refractivity contribution in [2.75, 3.05) is 0 Å². The summed E-state index contributed by atoms with van der Waals surface area (Å²) in [5.41, 5.74) is 7.70. The number of aliphatic carboxylic acids is 1. The van der Waals surface area contributed by atoms with Crippen LogP contribution in [0.5, 0.6) is 0 Å². The first kappa shape index (κ1) is 16.6. The zero-order valence-electron chi connectivity index (χ0n) is 9.94. The van der Waals surface area contributed by atoms with E-state index in [0.29, 0.717) is 5.69 Å². The zero-order valence-corrected chi connectivity index (χ0v) is 10.9. The van der Waals surface area contributed by atoms with Crippen LogP contribution >= 0.6 is 0 Å².